The molecule has 0 spiro atoms. The molecule has 0 saturated carbocycles. The van der Waals surface area contributed by atoms with Crippen molar-refractivity contribution in [3.63, 3.8) is 0 Å². The van der Waals surface area contributed by atoms with Gasteiger partial charge in [-0.3, -0.25) is 14.6 Å². The standard InChI is InChI=1S/C33H37F3N6O4S/c1-2-23-26(35)7-6-19-13-21(43)14-24(27(19)23)29-28(36)30-25(16-38-29)31(41-47(44,45)22-5-3-10-37-11-8-22)40-32(39-30)46-18-33-9-4-12-42(33)17-20(34)15-33/h6-7,13-14,16,20,22,37,43H,2-5,8-12,15,17-18H2,1H3,(H,39,40,41)/t20-,22?,33+/m1/s1. The first-order chi connectivity index (χ1) is 22.6. The predicted octanol–water partition coefficient (Wildman–Crippen LogP) is 5.23. The van der Waals surface area contributed by atoms with Gasteiger partial charge in [-0.15, -0.1) is 0 Å². The minimum Gasteiger partial charge on any atom is -0.508 e. The van der Waals surface area contributed by atoms with Crippen LogP contribution in [0.25, 0.3) is 32.9 Å². The fourth-order valence-electron chi connectivity index (χ4n) is 7.56. The lowest BCUT2D eigenvalue weighted by Gasteiger charge is -2.30. The Kier molecular flexibility index (Phi) is 8.37. The van der Waals surface area contributed by atoms with Crippen molar-refractivity contribution in [2.45, 2.75) is 68.8 Å². The monoisotopic (exact) mass is 670 g/mol. The average molecular weight is 671 g/mol. The Morgan fingerprint density at radius 1 is 1.17 bits per heavy atom. The number of sulfonamides is 1. The molecule has 4 aromatic rings. The van der Waals surface area contributed by atoms with Gasteiger partial charge in [-0.2, -0.15) is 9.97 Å². The molecule has 0 amide bonds. The number of halogens is 3. The quantitative estimate of drug-likeness (QED) is 0.231. The highest BCUT2D eigenvalue weighted by Gasteiger charge is 2.49. The number of aryl methyl sites for hydroxylation is 1. The molecule has 0 bridgehead atoms. The Hall–Kier alpha value is -3.75. The minimum absolute atomic E-state index is 0.00520. The van der Waals surface area contributed by atoms with Crippen LogP contribution in [0.4, 0.5) is 19.0 Å². The number of phenolic OH excluding ortho intramolecular Hbond substituents is 1. The number of nitrogens with zero attached hydrogens (tertiary/aromatic N) is 4. The zero-order chi connectivity index (χ0) is 32.9. The van der Waals surface area contributed by atoms with Crippen molar-refractivity contribution in [1.29, 1.82) is 0 Å². The van der Waals surface area contributed by atoms with E-state index in [0.29, 0.717) is 68.1 Å². The number of hydrogen-bond donors (Lipinski definition) is 3. The Labute approximate surface area is 270 Å². The van der Waals surface area contributed by atoms with Crippen molar-refractivity contribution in [2.75, 3.05) is 37.5 Å². The highest BCUT2D eigenvalue weighted by Crippen LogP contribution is 2.41. The molecule has 1 unspecified atom stereocenters. The van der Waals surface area contributed by atoms with Gasteiger partial charge in [0.15, 0.2) is 11.6 Å². The zero-order valence-electron chi connectivity index (χ0n) is 26.0. The third kappa shape index (κ3) is 5.84. The van der Waals surface area contributed by atoms with Gasteiger partial charge in [0.05, 0.1) is 16.2 Å². The molecule has 2 aromatic heterocycles. The van der Waals surface area contributed by atoms with Crippen LogP contribution in [-0.2, 0) is 16.4 Å². The van der Waals surface area contributed by atoms with Gasteiger partial charge < -0.3 is 15.2 Å². The van der Waals surface area contributed by atoms with E-state index in [2.05, 4.69) is 29.9 Å². The first-order valence-electron chi connectivity index (χ1n) is 16.1. The van der Waals surface area contributed by atoms with E-state index in [-0.39, 0.29) is 46.3 Å². The van der Waals surface area contributed by atoms with Crippen LogP contribution in [-0.4, -0.2) is 83.1 Å². The summed E-state index contributed by atoms with van der Waals surface area (Å²) in [7, 11) is -3.96. The molecular weight excluding hydrogens is 633 g/mol. The van der Waals surface area contributed by atoms with Crippen LogP contribution < -0.4 is 14.8 Å². The smallest absolute Gasteiger partial charge is 0.319 e. The molecule has 250 valence electrons. The maximum absolute atomic E-state index is 16.7. The fraction of sp³-hybridized carbons (Fsp3) is 0.485. The van der Waals surface area contributed by atoms with E-state index in [0.717, 1.165) is 19.4 Å². The first-order valence-corrected chi connectivity index (χ1v) is 17.7. The molecule has 10 nitrogen and oxygen atoms in total. The molecule has 14 heteroatoms. The van der Waals surface area contributed by atoms with E-state index in [1.54, 1.807) is 6.92 Å². The number of aromatic nitrogens is 3. The van der Waals surface area contributed by atoms with Crippen LogP contribution in [0, 0.1) is 11.6 Å². The van der Waals surface area contributed by atoms with Gasteiger partial charge in [-0.1, -0.05) is 13.0 Å². The molecule has 3 aliphatic heterocycles. The number of fused-ring (bicyclic) bond motifs is 3. The topological polar surface area (TPSA) is 130 Å². The summed E-state index contributed by atoms with van der Waals surface area (Å²) in [5.74, 6) is -1.74. The van der Waals surface area contributed by atoms with E-state index in [1.807, 2.05) is 0 Å². The van der Waals surface area contributed by atoms with E-state index in [4.69, 9.17) is 4.74 Å². The summed E-state index contributed by atoms with van der Waals surface area (Å²) >= 11 is 0. The Morgan fingerprint density at radius 2 is 2.02 bits per heavy atom. The molecule has 7 rings (SSSR count). The number of aromatic hydroxyl groups is 1. The lowest BCUT2D eigenvalue weighted by molar-refractivity contribution is 0.107. The largest absolute Gasteiger partial charge is 0.508 e. The summed E-state index contributed by atoms with van der Waals surface area (Å²) in [5, 5.41) is 13.9. The highest BCUT2D eigenvalue weighted by atomic mass is 32.2. The second-order valence-corrected chi connectivity index (χ2v) is 14.8. The molecule has 47 heavy (non-hydrogen) atoms. The summed E-state index contributed by atoms with van der Waals surface area (Å²) in [6, 6.07) is 5.33. The SMILES string of the molecule is CCc1c(F)ccc2cc(O)cc(-c3ncc4c(NS(=O)(=O)C5CCCNCC5)nc(OC[C@@]56CCCN5C[C@H](F)C6)nc4c3F)c12. The molecule has 3 N–H and O–H groups in total. The number of anilines is 1. The maximum Gasteiger partial charge on any atom is 0.319 e. The van der Waals surface area contributed by atoms with Crippen molar-refractivity contribution >= 4 is 37.5 Å². The molecule has 2 aromatic carbocycles. The summed E-state index contributed by atoms with van der Waals surface area (Å²) in [6.07, 6.45) is 3.99. The van der Waals surface area contributed by atoms with Crippen molar-refractivity contribution in [1.82, 2.24) is 25.2 Å². The van der Waals surface area contributed by atoms with E-state index in [1.165, 1.54) is 30.5 Å². The van der Waals surface area contributed by atoms with Crippen molar-refractivity contribution in [2.24, 2.45) is 0 Å². The lowest BCUT2D eigenvalue weighted by Crippen LogP contribution is -2.43. The predicted molar refractivity (Wildman–Crippen MR) is 173 cm³/mol. The molecule has 0 radical (unpaired) electrons. The summed E-state index contributed by atoms with van der Waals surface area (Å²) in [6.45, 7) is 4.13. The van der Waals surface area contributed by atoms with Gasteiger partial charge in [0.1, 0.15) is 35.6 Å². The van der Waals surface area contributed by atoms with Gasteiger partial charge >= 0.3 is 6.01 Å². The molecule has 0 aliphatic carbocycles. The van der Waals surface area contributed by atoms with Gasteiger partial charge in [-0.05, 0) is 92.7 Å². The number of rotatable bonds is 8. The van der Waals surface area contributed by atoms with Gasteiger partial charge in [0, 0.05) is 24.7 Å². The number of pyridine rings is 1. The third-order valence-electron chi connectivity index (χ3n) is 9.86. The number of hydrogen-bond acceptors (Lipinski definition) is 9. The maximum atomic E-state index is 16.7. The summed E-state index contributed by atoms with van der Waals surface area (Å²) in [5.41, 5.74) is -0.524. The van der Waals surface area contributed by atoms with E-state index < -0.39 is 38.6 Å². The second kappa shape index (κ2) is 12.4. The van der Waals surface area contributed by atoms with Crippen LogP contribution in [0.2, 0.25) is 0 Å². The number of ether oxygens (including phenoxy) is 1. The zero-order valence-corrected chi connectivity index (χ0v) is 26.8. The van der Waals surface area contributed by atoms with Crippen LogP contribution in [0.15, 0.2) is 30.5 Å². The van der Waals surface area contributed by atoms with Gasteiger partial charge in [0.25, 0.3) is 0 Å². The Balaban J connectivity index is 1.36. The average Bonchev–Trinajstić information content (AvgIpc) is 3.40. The van der Waals surface area contributed by atoms with Gasteiger partial charge in [0.2, 0.25) is 10.0 Å². The highest BCUT2D eigenvalue weighted by molar-refractivity contribution is 7.93. The molecule has 3 aliphatic rings. The molecule has 3 fully saturated rings. The third-order valence-corrected chi connectivity index (χ3v) is 11.7. The summed E-state index contributed by atoms with van der Waals surface area (Å²) in [4.78, 5) is 15.2. The van der Waals surface area contributed by atoms with Crippen molar-refractivity contribution < 1.29 is 31.4 Å². The number of nitrogens with one attached hydrogen (secondary N) is 2. The van der Waals surface area contributed by atoms with E-state index in [9.17, 15) is 22.3 Å². The Bertz CT molecular complexity index is 1960. The molecule has 3 atom stereocenters. The van der Waals surface area contributed by atoms with Gasteiger partial charge in [-0.25, -0.2) is 21.6 Å². The van der Waals surface area contributed by atoms with Crippen LogP contribution in [0.5, 0.6) is 11.8 Å². The number of phenols is 1. The van der Waals surface area contributed by atoms with Crippen molar-refractivity contribution in [3.8, 4) is 23.0 Å². The number of alkyl halides is 1. The second-order valence-electron chi connectivity index (χ2n) is 12.8. The molecule has 5 heterocycles. The van der Waals surface area contributed by atoms with Crippen LogP contribution >= 0.6 is 0 Å². The van der Waals surface area contributed by atoms with E-state index >= 15 is 4.39 Å². The normalized spacial score (nSPS) is 23.7. The summed E-state index contributed by atoms with van der Waals surface area (Å²) < 4.78 is 82.0. The first kappa shape index (κ1) is 31.8. The molecule has 3 saturated heterocycles. The lowest BCUT2D eigenvalue weighted by atomic mass is 9.94. The van der Waals surface area contributed by atoms with Crippen molar-refractivity contribution in [3.05, 3.63) is 47.7 Å². The minimum atomic E-state index is -3.96. The number of benzene rings is 2. The fourth-order valence-corrected chi connectivity index (χ4v) is 9.06. The van der Waals surface area contributed by atoms with Crippen LogP contribution in [0.1, 0.15) is 51.0 Å². The Morgan fingerprint density at radius 3 is 2.85 bits per heavy atom. The van der Waals surface area contributed by atoms with Crippen LogP contribution in [0.3, 0.4) is 0 Å². The molecular formula is C33H37F3N6O4S.